The molecule has 2 aromatic carbocycles. The van der Waals surface area contributed by atoms with Gasteiger partial charge in [0.25, 0.3) is 11.8 Å². The van der Waals surface area contributed by atoms with Gasteiger partial charge in [-0.05, 0) is 67.6 Å². The molecule has 212 valence electrons. The van der Waals surface area contributed by atoms with E-state index >= 15 is 0 Å². The Kier molecular flexibility index (Phi) is 9.20. The van der Waals surface area contributed by atoms with Crippen molar-refractivity contribution in [2.75, 3.05) is 30.9 Å². The van der Waals surface area contributed by atoms with Gasteiger partial charge in [0.2, 0.25) is 5.95 Å². The van der Waals surface area contributed by atoms with Crippen LogP contribution in [-0.4, -0.2) is 57.4 Å². The maximum Gasteiger partial charge on any atom is 0.328 e. The van der Waals surface area contributed by atoms with Crippen LogP contribution in [0.3, 0.4) is 0 Å². The lowest BCUT2D eigenvalue weighted by Gasteiger charge is -2.17. The summed E-state index contributed by atoms with van der Waals surface area (Å²) in [6.45, 7) is 0.316. The fourth-order valence-corrected chi connectivity index (χ4v) is 4.08. The minimum absolute atomic E-state index is 0.0398. The number of fused-ring (bicyclic) bond motifs is 1. The topological polar surface area (TPSA) is 214 Å². The lowest BCUT2D eigenvalue weighted by Crippen LogP contribution is -2.42. The molecule has 0 fully saturated rings. The second-order valence-electron chi connectivity index (χ2n) is 9.27. The van der Waals surface area contributed by atoms with Crippen molar-refractivity contribution in [2.24, 2.45) is 0 Å². The molecule has 13 heteroatoms. The molecular formula is C28H31N9O4. The van der Waals surface area contributed by atoms with E-state index in [1.807, 2.05) is 12.1 Å². The molecule has 41 heavy (non-hydrogen) atoms. The van der Waals surface area contributed by atoms with Gasteiger partial charge >= 0.3 is 5.97 Å². The number of hydrogen-bond acceptors (Lipinski definition) is 11. The number of carbonyl (C=O) groups is 3. The Morgan fingerprint density at radius 2 is 1.56 bits per heavy atom. The molecule has 4 aromatic rings. The van der Waals surface area contributed by atoms with Gasteiger partial charge in [-0.2, -0.15) is 9.97 Å². The van der Waals surface area contributed by atoms with E-state index in [1.54, 1.807) is 42.6 Å². The Morgan fingerprint density at radius 1 is 0.878 bits per heavy atom. The molecule has 0 saturated carbocycles. The first-order chi connectivity index (χ1) is 19.7. The molecule has 0 aliphatic rings. The fourth-order valence-electron chi connectivity index (χ4n) is 4.08. The summed E-state index contributed by atoms with van der Waals surface area (Å²) in [5.74, 6) is -1.01. The molecule has 1 atom stereocenters. The smallest absolute Gasteiger partial charge is 0.328 e. The number of rotatable bonds is 11. The predicted octanol–water partition coefficient (Wildman–Crippen LogP) is 1.43. The quantitative estimate of drug-likeness (QED) is 0.101. The average Bonchev–Trinajstić information content (AvgIpc) is 2.97. The molecule has 2 heterocycles. The number of aromatic nitrogens is 4. The Morgan fingerprint density at radius 3 is 2.27 bits per heavy atom. The second kappa shape index (κ2) is 13.2. The van der Waals surface area contributed by atoms with Gasteiger partial charge in [0, 0.05) is 23.4 Å². The van der Waals surface area contributed by atoms with E-state index in [0.29, 0.717) is 59.5 Å². The van der Waals surface area contributed by atoms with E-state index in [1.165, 1.54) is 7.11 Å². The molecule has 0 aliphatic carbocycles. The number of nitrogens with one attached hydrogen (secondary N) is 2. The minimum atomic E-state index is -0.862. The normalized spacial score (nSPS) is 11.5. The Hall–Kier alpha value is -5.33. The molecular weight excluding hydrogens is 526 g/mol. The highest BCUT2D eigenvalue weighted by atomic mass is 16.5. The van der Waals surface area contributed by atoms with Crippen molar-refractivity contribution in [3.8, 4) is 0 Å². The number of ether oxygens (including phenoxy) is 1. The highest BCUT2D eigenvalue weighted by Crippen LogP contribution is 2.16. The molecule has 2 aromatic heterocycles. The number of amides is 2. The molecule has 2 amide bonds. The highest BCUT2D eigenvalue weighted by molar-refractivity contribution is 5.97. The van der Waals surface area contributed by atoms with Crippen molar-refractivity contribution in [2.45, 2.75) is 31.7 Å². The molecule has 0 spiro atoms. The number of carbonyl (C=O) groups excluding carboxylic acids is 3. The van der Waals surface area contributed by atoms with Crippen molar-refractivity contribution in [3.63, 3.8) is 0 Å². The number of methoxy groups -OCH3 is 1. The van der Waals surface area contributed by atoms with Crippen molar-refractivity contribution in [1.82, 2.24) is 30.6 Å². The van der Waals surface area contributed by atoms with Gasteiger partial charge in [0.05, 0.1) is 19.0 Å². The summed E-state index contributed by atoms with van der Waals surface area (Å²) in [5.41, 5.74) is 21.0. The molecule has 0 bridgehead atoms. The monoisotopic (exact) mass is 557 g/mol. The summed E-state index contributed by atoms with van der Waals surface area (Å²) in [6, 6.07) is 12.7. The van der Waals surface area contributed by atoms with E-state index in [2.05, 4.69) is 30.6 Å². The van der Waals surface area contributed by atoms with Crippen LogP contribution in [-0.2, 0) is 22.4 Å². The molecule has 0 unspecified atom stereocenters. The van der Waals surface area contributed by atoms with Crippen LogP contribution in [0.4, 0.5) is 17.5 Å². The largest absolute Gasteiger partial charge is 0.467 e. The highest BCUT2D eigenvalue weighted by Gasteiger charge is 2.22. The number of hydrogen-bond donors (Lipinski definition) is 5. The third kappa shape index (κ3) is 7.62. The van der Waals surface area contributed by atoms with E-state index in [4.69, 9.17) is 21.9 Å². The van der Waals surface area contributed by atoms with Crippen LogP contribution >= 0.6 is 0 Å². The number of benzene rings is 2. The number of nitrogen functional groups attached to an aromatic ring is 3. The van der Waals surface area contributed by atoms with Gasteiger partial charge < -0.3 is 32.6 Å². The third-order valence-electron chi connectivity index (χ3n) is 6.31. The summed E-state index contributed by atoms with van der Waals surface area (Å²) in [4.78, 5) is 54.1. The standard InChI is InChI=1S/C28H31N9O4/c1-41-27(40)21(3-2-14-32-25(38)17-9-11-19(29)12-10-17)35-26(39)18-7-4-16(5-8-18)6-13-20-15-33-24-22(34-20)23(30)36-28(31)37-24/h4-5,7-12,15,21H,2-3,6,13-14,29H2,1H3,(H,32,38)(H,35,39)(H4,30,31,33,36,37)/t21-/m0/s1. The van der Waals surface area contributed by atoms with E-state index in [9.17, 15) is 14.4 Å². The average molecular weight is 558 g/mol. The van der Waals surface area contributed by atoms with E-state index in [-0.39, 0.29) is 24.1 Å². The van der Waals surface area contributed by atoms with Gasteiger partial charge in [-0.15, -0.1) is 0 Å². The van der Waals surface area contributed by atoms with Gasteiger partial charge in [-0.1, -0.05) is 12.1 Å². The minimum Gasteiger partial charge on any atom is -0.467 e. The number of nitrogens with two attached hydrogens (primary N) is 3. The molecule has 8 N–H and O–H groups in total. The molecule has 0 radical (unpaired) electrons. The predicted molar refractivity (Wildman–Crippen MR) is 153 cm³/mol. The number of esters is 1. The Labute approximate surface area is 235 Å². The second-order valence-corrected chi connectivity index (χ2v) is 9.27. The Balaban J connectivity index is 1.28. The fraction of sp³-hybridized carbons (Fsp3) is 0.250. The molecule has 13 nitrogen and oxygen atoms in total. The van der Waals surface area contributed by atoms with Gasteiger partial charge in [0.1, 0.15) is 6.04 Å². The number of nitrogens with zero attached hydrogens (tertiary/aromatic N) is 4. The molecule has 0 saturated heterocycles. The summed E-state index contributed by atoms with van der Waals surface area (Å²) in [7, 11) is 1.26. The maximum atomic E-state index is 12.9. The van der Waals surface area contributed by atoms with Gasteiger partial charge in [-0.25, -0.2) is 14.8 Å². The van der Waals surface area contributed by atoms with Crippen LogP contribution in [0.5, 0.6) is 0 Å². The summed E-state index contributed by atoms with van der Waals surface area (Å²) in [5, 5.41) is 5.51. The van der Waals surface area contributed by atoms with Crippen LogP contribution in [0.25, 0.3) is 11.2 Å². The van der Waals surface area contributed by atoms with Crippen molar-refractivity contribution < 1.29 is 19.1 Å². The van der Waals surface area contributed by atoms with Crippen LogP contribution in [0.2, 0.25) is 0 Å². The lowest BCUT2D eigenvalue weighted by atomic mass is 10.1. The van der Waals surface area contributed by atoms with Gasteiger partial charge in [0.15, 0.2) is 17.0 Å². The van der Waals surface area contributed by atoms with E-state index in [0.717, 1.165) is 5.56 Å². The van der Waals surface area contributed by atoms with Crippen molar-refractivity contribution in [1.29, 1.82) is 0 Å². The SMILES string of the molecule is COC(=O)[C@H](CCCNC(=O)c1ccc(N)cc1)NC(=O)c1ccc(CCc2cnc3nc(N)nc(N)c3n2)cc1. The van der Waals surface area contributed by atoms with Crippen LogP contribution in [0.15, 0.2) is 54.7 Å². The van der Waals surface area contributed by atoms with Crippen molar-refractivity contribution >= 4 is 46.4 Å². The van der Waals surface area contributed by atoms with Gasteiger partial charge in [-0.3, -0.25) is 9.59 Å². The summed E-state index contributed by atoms with van der Waals surface area (Å²) in [6.07, 6.45) is 3.57. The first-order valence-corrected chi connectivity index (χ1v) is 12.9. The third-order valence-corrected chi connectivity index (χ3v) is 6.31. The first kappa shape index (κ1) is 28.7. The maximum absolute atomic E-state index is 12.9. The number of aryl methyl sites for hydroxylation is 2. The molecule has 4 rings (SSSR count). The zero-order valence-corrected chi connectivity index (χ0v) is 22.5. The van der Waals surface area contributed by atoms with Crippen molar-refractivity contribution in [3.05, 3.63) is 77.1 Å². The first-order valence-electron chi connectivity index (χ1n) is 12.9. The zero-order valence-electron chi connectivity index (χ0n) is 22.5. The Bertz CT molecular complexity index is 1540. The van der Waals surface area contributed by atoms with E-state index < -0.39 is 17.9 Å². The summed E-state index contributed by atoms with van der Waals surface area (Å²) < 4.78 is 4.86. The zero-order chi connectivity index (χ0) is 29.4. The molecule has 0 aliphatic heterocycles. The summed E-state index contributed by atoms with van der Waals surface area (Å²) >= 11 is 0. The number of anilines is 3. The van der Waals surface area contributed by atoms with Crippen LogP contribution in [0, 0.1) is 0 Å². The van der Waals surface area contributed by atoms with Crippen LogP contribution < -0.4 is 27.8 Å². The van der Waals surface area contributed by atoms with Crippen LogP contribution in [0.1, 0.15) is 44.8 Å². The lowest BCUT2D eigenvalue weighted by molar-refractivity contribution is -0.143.